The Kier molecular flexibility index (Phi) is 8.37. The van der Waals surface area contributed by atoms with Gasteiger partial charge in [-0.1, -0.05) is 182 Å². The Morgan fingerprint density at radius 1 is 0.184 bits per heavy atom. The number of rotatable bonds is 8. The lowest BCUT2D eigenvalue weighted by molar-refractivity contribution is 1.60. The van der Waals surface area contributed by atoms with E-state index in [2.05, 4.69) is 170 Å². The minimum atomic E-state index is 1.18. The van der Waals surface area contributed by atoms with Gasteiger partial charge in [0, 0.05) is 0 Å². The van der Waals surface area contributed by atoms with Crippen molar-refractivity contribution in [3.8, 4) is 0 Å². The summed E-state index contributed by atoms with van der Waals surface area (Å²) in [4.78, 5) is 0. The molecule has 0 nitrogen and oxygen atoms in total. The van der Waals surface area contributed by atoms with Crippen LogP contribution in [0.5, 0.6) is 0 Å². The second-order valence-corrected chi connectivity index (χ2v) is 9.15. The van der Waals surface area contributed by atoms with Crippen LogP contribution in [0.2, 0.25) is 0 Å². The Morgan fingerprint density at radius 2 is 0.342 bits per heavy atom. The molecule has 0 N–H and O–H groups in total. The van der Waals surface area contributed by atoms with Crippen molar-refractivity contribution >= 4 is 48.6 Å². The fourth-order valence-electron chi connectivity index (χ4n) is 4.05. The zero-order valence-electron chi connectivity index (χ0n) is 21.3. The average Bonchev–Trinajstić information content (AvgIpc) is 2.99. The third-order valence-corrected chi connectivity index (χ3v) is 6.28. The Morgan fingerprint density at radius 3 is 0.526 bits per heavy atom. The molecule has 0 aliphatic rings. The largest absolute Gasteiger partial charge is 0.0622 e. The summed E-state index contributed by atoms with van der Waals surface area (Å²) in [5, 5.41) is 0. The molecule has 0 amide bonds. The second-order valence-electron chi connectivity index (χ2n) is 9.15. The number of benzene rings is 5. The Bertz CT molecular complexity index is 1410. The molecule has 0 spiro atoms. The van der Waals surface area contributed by atoms with Gasteiger partial charge in [0.05, 0.1) is 0 Å². The van der Waals surface area contributed by atoms with Gasteiger partial charge in [0.25, 0.3) is 0 Å². The highest BCUT2D eigenvalue weighted by atomic mass is 14.0. The van der Waals surface area contributed by atoms with Crippen molar-refractivity contribution in [1.82, 2.24) is 0 Å². The molecular weight excluding hydrogens is 456 g/mol. The maximum atomic E-state index is 2.16. The summed E-state index contributed by atoms with van der Waals surface area (Å²) >= 11 is 0. The van der Waals surface area contributed by atoms with Crippen molar-refractivity contribution in [3.63, 3.8) is 0 Å². The molecule has 182 valence electrons. The molecular formula is C38H30. The van der Waals surface area contributed by atoms with Crippen LogP contribution in [-0.2, 0) is 0 Å². The fraction of sp³-hybridized carbons (Fsp3) is 0. The second kappa shape index (κ2) is 12.9. The SMILES string of the molecule is C(=C\c1ccc(/C=C/c2ccc(/C=C/c3ccc(/C=C/c4ccccc4)cc3)cc2)cc1)/c1ccccc1. The molecule has 0 saturated heterocycles. The van der Waals surface area contributed by atoms with Crippen LogP contribution in [0.1, 0.15) is 44.5 Å². The van der Waals surface area contributed by atoms with Gasteiger partial charge in [0.2, 0.25) is 0 Å². The van der Waals surface area contributed by atoms with E-state index in [-0.39, 0.29) is 0 Å². The first-order chi connectivity index (χ1) is 18.8. The predicted molar refractivity (Wildman–Crippen MR) is 168 cm³/mol. The van der Waals surface area contributed by atoms with E-state index in [1.54, 1.807) is 0 Å². The Hall–Kier alpha value is -4.94. The lowest BCUT2D eigenvalue weighted by Crippen LogP contribution is -1.78. The first kappa shape index (κ1) is 24.7. The molecule has 0 heterocycles. The molecule has 0 aliphatic carbocycles. The minimum absolute atomic E-state index is 1.18. The predicted octanol–water partition coefficient (Wildman–Crippen LogP) is 10.4. The van der Waals surface area contributed by atoms with Crippen molar-refractivity contribution in [2.45, 2.75) is 0 Å². The molecule has 0 bridgehead atoms. The van der Waals surface area contributed by atoms with Crippen molar-refractivity contribution < 1.29 is 0 Å². The molecule has 0 atom stereocenters. The van der Waals surface area contributed by atoms with Crippen LogP contribution in [0.25, 0.3) is 48.6 Å². The lowest BCUT2D eigenvalue weighted by Gasteiger charge is -1.99. The summed E-state index contributed by atoms with van der Waals surface area (Å²) in [6, 6.07) is 46.6. The van der Waals surface area contributed by atoms with E-state index in [0.717, 1.165) is 0 Å². The quantitative estimate of drug-likeness (QED) is 0.191. The highest BCUT2D eigenvalue weighted by molar-refractivity contribution is 5.75. The third kappa shape index (κ3) is 7.53. The topological polar surface area (TPSA) is 0 Å². The molecule has 0 fully saturated rings. The van der Waals surface area contributed by atoms with Gasteiger partial charge in [0.1, 0.15) is 0 Å². The number of hydrogen-bond donors (Lipinski definition) is 0. The van der Waals surface area contributed by atoms with E-state index < -0.39 is 0 Å². The molecule has 0 radical (unpaired) electrons. The molecule has 5 aromatic rings. The molecule has 38 heavy (non-hydrogen) atoms. The van der Waals surface area contributed by atoms with Crippen LogP contribution < -0.4 is 0 Å². The maximum absolute atomic E-state index is 2.16. The van der Waals surface area contributed by atoms with Crippen molar-refractivity contribution in [2.75, 3.05) is 0 Å². The van der Waals surface area contributed by atoms with Crippen LogP contribution in [0, 0.1) is 0 Å². The van der Waals surface area contributed by atoms with Gasteiger partial charge in [-0.2, -0.15) is 0 Å². The van der Waals surface area contributed by atoms with Gasteiger partial charge < -0.3 is 0 Å². The van der Waals surface area contributed by atoms with E-state index in [1.807, 2.05) is 12.1 Å². The van der Waals surface area contributed by atoms with E-state index in [4.69, 9.17) is 0 Å². The van der Waals surface area contributed by atoms with Crippen LogP contribution in [-0.4, -0.2) is 0 Å². The van der Waals surface area contributed by atoms with Gasteiger partial charge in [0.15, 0.2) is 0 Å². The number of hydrogen-bond acceptors (Lipinski definition) is 0. The highest BCUT2D eigenvalue weighted by Gasteiger charge is 1.94. The van der Waals surface area contributed by atoms with Gasteiger partial charge in [-0.05, 0) is 44.5 Å². The van der Waals surface area contributed by atoms with Gasteiger partial charge in [-0.25, -0.2) is 0 Å². The first-order valence-corrected chi connectivity index (χ1v) is 12.9. The maximum Gasteiger partial charge on any atom is -0.0256 e. The van der Waals surface area contributed by atoms with E-state index >= 15 is 0 Å². The zero-order valence-corrected chi connectivity index (χ0v) is 21.3. The highest BCUT2D eigenvalue weighted by Crippen LogP contribution is 2.16. The monoisotopic (exact) mass is 486 g/mol. The molecule has 0 aromatic heterocycles. The lowest BCUT2D eigenvalue weighted by atomic mass is 10.1. The summed E-state index contributed by atoms with van der Waals surface area (Å²) in [5.41, 5.74) is 9.55. The van der Waals surface area contributed by atoms with Crippen molar-refractivity contribution in [3.05, 3.63) is 178 Å². The summed E-state index contributed by atoms with van der Waals surface area (Å²) < 4.78 is 0. The minimum Gasteiger partial charge on any atom is -0.0622 e. The smallest absolute Gasteiger partial charge is 0.0256 e. The van der Waals surface area contributed by atoms with E-state index in [0.29, 0.717) is 0 Å². The molecule has 0 saturated carbocycles. The third-order valence-electron chi connectivity index (χ3n) is 6.28. The van der Waals surface area contributed by atoms with Crippen molar-refractivity contribution in [1.29, 1.82) is 0 Å². The molecule has 0 unspecified atom stereocenters. The van der Waals surface area contributed by atoms with E-state index in [9.17, 15) is 0 Å². The van der Waals surface area contributed by atoms with Gasteiger partial charge in [-0.15, -0.1) is 0 Å². The summed E-state index contributed by atoms with van der Waals surface area (Å²) in [5.74, 6) is 0. The van der Waals surface area contributed by atoms with E-state index in [1.165, 1.54) is 44.5 Å². The molecule has 5 rings (SSSR count). The van der Waals surface area contributed by atoms with Gasteiger partial charge >= 0.3 is 0 Å². The Labute approximate surface area is 226 Å². The summed E-state index contributed by atoms with van der Waals surface area (Å²) in [7, 11) is 0. The summed E-state index contributed by atoms with van der Waals surface area (Å²) in [6.45, 7) is 0. The normalized spacial score (nSPS) is 11.8. The van der Waals surface area contributed by atoms with Gasteiger partial charge in [-0.3, -0.25) is 0 Å². The van der Waals surface area contributed by atoms with Crippen LogP contribution in [0.15, 0.2) is 133 Å². The average molecular weight is 487 g/mol. The molecule has 0 heteroatoms. The van der Waals surface area contributed by atoms with Crippen LogP contribution >= 0.6 is 0 Å². The van der Waals surface area contributed by atoms with Crippen molar-refractivity contribution in [2.24, 2.45) is 0 Å². The van der Waals surface area contributed by atoms with Crippen LogP contribution in [0.3, 0.4) is 0 Å². The Balaban J connectivity index is 1.14. The standard InChI is InChI=1S/C38H30/c1-3-7-31(8-4-1)11-13-33-15-19-35(20-16-33)23-25-37-27-29-38(30-28-37)26-24-36-21-17-34(18-22-36)14-12-32-9-5-2-6-10-32/h1-30H/b13-11+,14-12+,25-23+,26-24+. The fourth-order valence-corrected chi connectivity index (χ4v) is 4.05. The molecule has 5 aromatic carbocycles. The zero-order chi connectivity index (χ0) is 25.8. The summed E-state index contributed by atoms with van der Waals surface area (Å²) in [6.07, 6.45) is 17.2. The molecule has 0 aliphatic heterocycles. The first-order valence-electron chi connectivity index (χ1n) is 12.9. The van der Waals surface area contributed by atoms with Crippen LogP contribution in [0.4, 0.5) is 0 Å².